The first-order valence-corrected chi connectivity index (χ1v) is 12.6. The van der Waals surface area contributed by atoms with E-state index in [2.05, 4.69) is 10.00 Å². The van der Waals surface area contributed by atoms with Crippen molar-refractivity contribution in [1.82, 2.24) is 14.7 Å². The molecule has 2 aromatic rings. The van der Waals surface area contributed by atoms with Crippen LogP contribution in [0, 0.1) is 13.8 Å². The number of piperazine rings is 1. The van der Waals surface area contributed by atoms with Crippen LogP contribution in [0.1, 0.15) is 28.7 Å². The molecule has 9 heteroatoms. The highest BCUT2D eigenvalue weighted by atomic mass is 32.2. The Kier molecular flexibility index (Phi) is 5.52. The van der Waals surface area contributed by atoms with Crippen LogP contribution in [0.25, 0.3) is 6.08 Å². The Labute approximate surface area is 175 Å². The second-order valence-electron chi connectivity index (χ2n) is 7.68. The number of anilines is 1. The van der Waals surface area contributed by atoms with Gasteiger partial charge in [-0.15, -0.1) is 11.3 Å². The monoisotopic (exact) mass is 434 g/mol. The van der Waals surface area contributed by atoms with Crippen LogP contribution < -0.4 is 4.90 Å². The highest BCUT2D eigenvalue weighted by Crippen LogP contribution is 2.31. The summed E-state index contributed by atoms with van der Waals surface area (Å²) >= 11 is 1.61. The van der Waals surface area contributed by atoms with Gasteiger partial charge in [0.05, 0.1) is 34.6 Å². The largest absolute Gasteiger partial charge is 0.365 e. The molecule has 2 aliphatic heterocycles. The van der Waals surface area contributed by atoms with E-state index in [9.17, 15) is 13.2 Å². The molecule has 1 amide bonds. The lowest BCUT2D eigenvalue weighted by molar-refractivity contribution is -0.126. The summed E-state index contributed by atoms with van der Waals surface area (Å²) in [6, 6.07) is 3.89. The van der Waals surface area contributed by atoms with Crippen molar-refractivity contribution in [2.45, 2.75) is 26.3 Å². The molecule has 4 heterocycles. The van der Waals surface area contributed by atoms with E-state index in [0.717, 1.165) is 35.0 Å². The van der Waals surface area contributed by atoms with E-state index in [0.29, 0.717) is 19.5 Å². The lowest BCUT2D eigenvalue weighted by Gasteiger charge is -2.35. The summed E-state index contributed by atoms with van der Waals surface area (Å²) in [6.07, 6.45) is 4.15. The van der Waals surface area contributed by atoms with Crippen LogP contribution in [0.2, 0.25) is 0 Å². The van der Waals surface area contributed by atoms with Crippen LogP contribution in [-0.4, -0.2) is 66.7 Å². The van der Waals surface area contributed by atoms with Gasteiger partial charge in [-0.05, 0) is 37.8 Å². The molecule has 0 aliphatic carbocycles. The zero-order valence-corrected chi connectivity index (χ0v) is 18.4. The second kappa shape index (κ2) is 7.95. The van der Waals surface area contributed by atoms with Gasteiger partial charge in [0.1, 0.15) is 0 Å². The van der Waals surface area contributed by atoms with Crippen molar-refractivity contribution in [3.63, 3.8) is 0 Å². The van der Waals surface area contributed by atoms with Gasteiger partial charge in [0.2, 0.25) is 5.91 Å². The van der Waals surface area contributed by atoms with E-state index in [1.807, 2.05) is 47.0 Å². The Morgan fingerprint density at radius 2 is 2.00 bits per heavy atom. The Bertz CT molecular complexity index is 1020. The van der Waals surface area contributed by atoms with Gasteiger partial charge in [-0.3, -0.25) is 9.48 Å². The standard InChI is InChI=1S/C20H26N4O3S2/c1-15-20(16(2)24(21-15)17-7-13-29(26,27)14-17)23-10-8-22(9-11-23)19(25)6-5-18-4-3-12-28-18/h3-6,12,17H,7-11,13-14H2,1-2H3/b6-5+/t17-/m0/s1. The molecule has 7 nitrogen and oxygen atoms in total. The third-order valence-electron chi connectivity index (χ3n) is 5.68. The van der Waals surface area contributed by atoms with Crippen LogP contribution in [-0.2, 0) is 14.6 Å². The molecule has 29 heavy (non-hydrogen) atoms. The molecule has 2 saturated heterocycles. The molecule has 156 valence electrons. The molecule has 1 atom stereocenters. The molecular formula is C20H26N4O3S2. The van der Waals surface area contributed by atoms with E-state index in [4.69, 9.17) is 0 Å². The Hall–Kier alpha value is -2.13. The molecule has 2 fully saturated rings. The number of amides is 1. The van der Waals surface area contributed by atoms with Gasteiger partial charge < -0.3 is 9.80 Å². The van der Waals surface area contributed by atoms with Crippen molar-refractivity contribution in [2.75, 3.05) is 42.6 Å². The predicted octanol–water partition coefficient (Wildman–Crippen LogP) is 2.28. The minimum absolute atomic E-state index is 0.0401. The molecule has 0 aromatic carbocycles. The summed E-state index contributed by atoms with van der Waals surface area (Å²) in [5.41, 5.74) is 3.02. The normalized spacial score (nSPS) is 21.9. The topological polar surface area (TPSA) is 75.5 Å². The number of thiophene rings is 1. The molecule has 0 radical (unpaired) electrons. The van der Waals surface area contributed by atoms with Crippen LogP contribution in [0.4, 0.5) is 5.69 Å². The maximum Gasteiger partial charge on any atom is 0.246 e. The number of hydrogen-bond donors (Lipinski definition) is 0. The van der Waals surface area contributed by atoms with E-state index in [-0.39, 0.29) is 23.5 Å². The maximum atomic E-state index is 12.5. The van der Waals surface area contributed by atoms with Crippen molar-refractivity contribution >= 4 is 38.8 Å². The van der Waals surface area contributed by atoms with Gasteiger partial charge in [-0.2, -0.15) is 5.10 Å². The molecule has 0 saturated carbocycles. The number of aryl methyl sites for hydroxylation is 1. The average molecular weight is 435 g/mol. The summed E-state index contributed by atoms with van der Waals surface area (Å²) in [5, 5.41) is 6.66. The van der Waals surface area contributed by atoms with Gasteiger partial charge in [0.15, 0.2) is 9.84 Å². The first kappa shape index (κ1) is 20.2. The summed E-state index contributed by atoms with van der Waals surface area (Å²) < 4.78 is 25.6. The molecular weight excluding hydrogens is 408 g/mol. The number of hydrogen-bond acceptors (Lipinski definition) is 6. The number of nitrogens with zero attached hydrogens (tertiary/aromatic N) is 4. The average Bonchev–Trinajstić information content (AvgIpc) is 3.40. The molecule has 0 N–H and O–H groups in total. The van der Waals surface area contributed by atoms with Crippen molar-refractivity contribution < 1.29 is 13.2 Å². The van der Waals surface area contributed by atoms with Crippen molar-refractivity contribution in [3.05, 3.63) is 39.9 Å². The lowest BCUT2D eigenvalue weighted by atomic mass is 10.2. The van der Waals surface area contributed by atoms with Crippen molar-refractivity contribution in [3.8, 4) is 0 Å². The first-order valence-electron chi connectivity index (χ1n) is 9.85. The number of rotatable bonds is 4. The van der Waals surface area contributed by atoms with E-state index >= 15 is 0 Å². The Morgan fingerprint density at radius 3 is 2.62 bits per heavy atom. The minimum atomic E-state index is -2.95. The highest BCUT2D eigenvalue weighted by molar-refractivity contribution is 7.91. The summed E-state index contributed by atoms with van der Waals surface area (Å²) in [6.45, 7) is 6.81. The van der Waals surface area contributed by atoms with Gasteiger partial charge in [-0.1, -0.05) is 6.07 Å². The fraction of sp³-hybridized carbons (Fsp3) is 0.500. The molecule has 2 aliphatic rings. The number of carbonyl (C=O) groups excluding carboxylic acids is 1. The third-order valence-corrected chi connectivity index (χ3v) is 8.27. The minimum Gasteiger partial charge on any atom is -0.365 e. The Balaban J connectivity index is 1.42. The fourth-order valence-electron chi connectivity index (χ4n) is 4.23. The summed E-state index contributed by atoms with van der Waals surface area (Å²) in [7, 11) is -2.95. The van der Waals surface area contributed by atoms with E-state index in [1.54, 1.807) is 17.4 Å². The van der Waals surface area contributed by atoms with Gasteiger partial charge >= 0.3 is 0 Å². The predicted molar refractivity (Wildman–Crippen MR) is 116 cm³/mol. The van der Waals surface area contributed by atoms with Crippen LogP contribution in [0.15, 0.2) is 23.6 Å². The lowest BCUT2D eigenvalue weighted by Crippen LogP contribution is -2.48. The van der Waals surface area contributed by atoms with Crippen LogP contribution >= 0.6 is 11.3 Å². The van der Waals surface area contributed by atoms with Crippen molar-refractivity contribution in [1.29, 1.82) is 0 Å². The summed E-state index contributed by atoms with van der Waals surface area (Å²) in [5.74, 6) is 0.455. The van der Waals surface area contributed by atoms with Gasteiger partial charge in [0, 0.05) is 37.1 Å². The van der Waals surface area contributed by atoms with Crippen LogP contribution in [0.3, 0.4) is 0 Å². The zero-order chi connectivity index (χ0) is 20.6. The first-order chi connectivity index (χ1) is 13.8. The highest BCUT2D eigenvalue weighted by Gasteiger charge is 2.32. The smallest absolute Gasteiger partial charge is 0.246 e. The second-order valence-corrected chi connectivity index (χ2v) is 10.9. The van der Waals surface area contributed by atoms with Gasteiger partial charge in [-0.25, -0.2) is 8.42 Å². The molecule has 2 aromatic heterocycles. The maximum absolute atomic E-state index is 12.5. The third kappa shape index (κ3) is 4.25. The SMILES string of the molecule is Cc1nn([C@H]2CCS(=O)(=O)C2)c(C)c1N1CCN(C(=O)/C=C/c2cccs2)CC1. The van der Waals surface area contributed by atoms with E-state index in [1.165, 1.54) is 0 Å². The molecule has 0 spiro atoms. The number of sulfone groups is 1. The Morgan fingerprint density at radius 1 is 1.24 bits per heavy atom. The van der Waals surface area contributed by atoms with E-state index < -0.39 is 9.84 Å². The zero-order valence-electron chi connectivity index (χ0n) is 16.7. The van der Waals surface area contributed by atoms with Crippen LogP contribution in [0.5, 0.6) is 0 Å². The quantitative estimate of drug-likeness (QED) is 0.690. The summed E-state index contributed by atoms with van der Waals surface area (Å²) in [4.78, 5) is 17.7. The number of carbonyl (C=O) groups is 1. The molecule has 4 rings (SSSR count). The number of aromatic nitrogens is 2. The molecule has 0 bridgehead atoms. The van der Waals surface area contributed by atoms with Crippen molar-refractivity contribution in [2.24, 2.45) is 0 Å². The van der Waals surface area contributed by atoms with Gasteiger partial charge in [0.25, 0.3) is 0 Å². The fourth-order valence-corrected chi connectivity index (χ4v) is 6.54. The molecule has 0 unspecified atom stereocenters.